The molecule has 0 bridgehead atoms. The summed E-state index contributed by atoms with van der Waals surface area (Å²) in [5.74, 6) is 1.70. The van der Waals surface area contributed by atoms with E-state index in [2.05, 4.69) is 41.5 Å². The van der Waals surface area contributed by atoms with E-state index in [0.29, 0.717) is 5.41 Å². The second-order valence-electron chi connectivity index (χ2n) is 4.87. The van der Waals surface area contributed by atoms with Crippen molar-refractivity contribution >= 4 is 0 Å². The number of hydrogen-bond acceptors (Lipinski definition) is 0. The predicted octanol–water partition coefficient (Wildman–Crippen LogP) is 5.13. The second kappa shape index (κ2) is 7.41. The number of hydrogen-bond donors (Lipinski definition) is 0. The third-order valence-corrected chi connectivity index (χ3v) is 3.07. The molecule has 0 amide bonds. The first-order valence-electron chi connectivity index (χ1n) is 5.90. The van der Waals surface area contributed by atoms with Gasteiger partial charge in [-0.05, 0) is 23.7 Å². The molecule has 0 fully saturated rings. The van der Waals surface area contributed by atoms with E-state index in [9.17, 15) is 0 Å². The van der Waals surface area contributed by atoms with Gasteiger partial charge in [-0.15, -0.1) is 0 Å². The standard InChI is InChI=1S/C11H24.C2H6/c1-7-11(5,6)10(4)8-9(2)3;1-2/h9-10H,7-8H2,1-6H3;1-2H3. The Morgan fingerprint density at radius 1 is 1.00 bits per heavy atom. The third-order valence-electron chi connectivity index (χ3n) is 3.07. The van der Waals surface area contributed by atoms with Gasteiger partial charge in [0, 0.05) is 0 Å². The van der Waals surface area contributed by atoms with Gasteiger partial charge >= 0.3 is 0 Å². The Hall–Kier alpha value is 0. The van der Waals surface area contributed by atoms with Gasteiger partial charge in [0.25, 0.3) is 0 Å². The molecule has 0 aliphatic carbocycles. The summed E-state index contributed by atoms with van der Waals surface area (Å²) in [6.45, 7) is 18.0. The topological polar surface area (TPSA) is 0 Å². The molecule has 13 heavy (non-hydrogen) atoms. The van der Waals surface area contributed by atoms with Crippen LogP contribution < -0.4 is 0 Å². The van der Waals surface area contributed by atoms with Crippen LogP contribution in [0.4, 0.5) is 0 Å². The van der Waals surface area contributed by atoms with Crippen molar-refractivity contribution in [2.24, 2.45) is 17.3 Å². The lowest BCUT2D eigenvalue weighted by Crippen LogP contribution is -2.21. The molecule has 1 atom stereocenters. The van der Waals surface area contributed by atoms with Gasteiger partial charge in [0.05, 0.1) is 0 Å². The summed E-state index contributed by atoms with van der Waals surface area (Å²) >= 11 is 0. The Morgan fingerprint density at radius 3 is 1.62 bits per heavy atom. The Kier molecular flexibility index (Phi) is 8.82. The second-order valence-corrected chi connectivity index (χ2v) is 4.87. The minimum absolute atomic E-state index is 0.532. The van der Waals surface area contributed by atoms with E-state index >= 15 is 0 Å². The average Bonchev–Trinajstić information content (AvgIpc) is 2.07. The minimum Gasteiger partial charge on any atom is -0.0683 e. The zero-order valence-electron chi connectivity index (χ0n) is 11.1. The fraction of sp³-hybridized carbons (Fsp3) is 1.00. The van der Waals surface area contributed by atoms with Gasteiger partial charge < -0.3 is 0 Å². The smallest absolute Gasteiger partial charge is 0.0331 e. The highest BCUT2D eigenvalue weighted by molar-refractivity contribution is 4.74. The van der Waals surface area contributed by atoms with Crippen molar-refractivity contribution in [2.45, 2.75) is 68.2 Å². The van der Waals surface area contributed by atoms with Crippen molar-refractivity contribution < 1.29 is 0 Å². The quantitative estimate of drug-likeness (QED) is 0.571. The van der Waals surface area contributed by atoms with Crippen LogP contribution in [-0.4, -0.2) is 0 Å². The summed E-state index contributed by atoms with van der Waals surface area (Å²) in [6, 6.07) is 0. The van der Waals surface area contributed by atoms with Crippen LogP contribution in [0.5, 0.6) is 0 Å². The fourth-order valence-corrected chi connectivity index (χ4v) is 1.37. The van der Waals surface area contributed by atoms with Gasteiger partial charge in [0.2, 0.25) is 0 Å². The van der Waals surface area contributed by atoms with Crippen molar-refractivity contribution in [3.8, 4) is 0 Å². The van der Waals surface area contributed by atoms with E-state index < -0.39 is 0 Å². The Morgan fingerprint density at radius 2 is 1.38 bits per heavy atom. The van der Waals surface area contributed by atoms with E-state index in [1.54, 1.807) is 0 Å². The Balaban J connectivity index is 0. The maximum Gasteiger partial charge on any atom is -0.0331 e. The first kappa shape index (κ1) is 15.5. The summed E-state index contributed by atoms with van der Waals surface area (Å²) < 4.78 is 0. The van der Waals surface area contributed by atoms with E-state index in [0.717, 1.165) is 11.8 Å². The van der Waals surface area contributed by atoms with E-state index in [-0.39, 0.29) is 0 Å². The van der Waals surface area contributed by atoms with Crippen LogP contribution in [0, 0.1) is 17.3 Å². The summed E-state index contributed by atoms with van der Waals surface area (Å²) in [5, 5.41) is 0. The van der Waals surface area contributed by atoms with Crippen LogP contribution in [-0.2, 0) is 0 Å². The molecule has 0 nitrogen and oxygen atoms in total. The highest BCUT2D eigenvalue weighted by Crippen LogP contribution is 2.34. The molecule has 0 saturated heterocycles. The molecule has 82 valence electrons. The molecule has 0 N–H and O–H groups in total. The SMILES string of the molecule is CC.CCC(C)(C)C(C)CC(C)C. The van der Waals surface area contributed by atoms with E-state index in [4.69, 9.17) is 0 Å². The lowest BCUT2D eigenvalue weighted by Gasteiger charge is -2.31. The largest absolute Gasteiger partial charge is 0.0683 e. The lowest BCUT2D eigenvalue weighted by atomic mass is 9.74. The summed E-state index contributed by atoms with van der Waals surface area (Å²) in [4.78, 5) is 0. The van der Waals surface area contributed by atoms with Gasteiger partial charge in [-0.3, -0.25) is 0 Å². The Bertz CT molecular complexity index is 101. The molecule has 0 aliphatic heterocycles. The maximum absolute atomic E-state index is 2.38. The summed E-state index contributed by atoms with van der Waals surface area (Å²) in [6.07, 6.45) is 2.65. The maximum atomic E-state index is 2.38. The van der Waals surface area contributed by atoms with Gasteiger partial charge in [-0.1, -0.05) is 61.8 Å². The van der Waals surface area contributed by atoms with E-state index in [1.165, 1.54) is 12.8 Å². The van der Waals surface area contributed by atoms with Gasteiger partial charge in [0.1, 0.15) is 0 Å². The first-order chi connectivity index (χ1) is 5.90. The van der Waals surface area contributed by atoms with Crippen molar-refractivity contribution in [1.82, 2.24) is 0 Å². The van der Waals surface area contributed by atoms with Gasteiger partial charge in [0.15, 0.2) is 0 Å². The molecule has 0 aromatic carbocycles. The fourth-order valence-electron chi connectivity index (χ4n) is 1.37. The number of rotatable bonds is 4. The van der Waals surface area contributed by atoms with Crippen molar-refractivity contribution in [2.75, 3.05) is 0 Å². The monoisotopic (exact) mass is 186 g/mol. The van der Waals surface area contributed by atoms with Crippen molar-refractivity contribution in [1.29, 1.82) is 0 Å². The summed E-state index contributed by atoms with van der Waals surface area (Å²) in [7, 11) is 0. The van der Waals surface area contributed by atoms with Crippen LogP contribution in [0.25, 0.3) is 0 Å². The van der Waals surface area contributed by atoms with Crippen LogP contribution >= 0.6 is 0 Å². The van der Waals surface area contributed by atoms with Crippen LogP contribution in [0.15, 0.2) is 0 Å². The third kappa shape index (κ3) is 7.10. The molecule has 0 aliphatic rings. The minimum atomic E-state index is 0.532. The van der Waals surface area contributed by atoms with Crippen molar-refractivity contribution in [3.63, 3.8) is 0 Å². The highest BCUT2D eigenvalue weighted by atomic mass is 14.3. The normalized spacial score (nSPS) is 13.6. The van der Waals surface area contributed by atoms with Crippen LogP contribution in [0.2, 0.25) is 0 Å². The molecule has 0 radical (unpaired) electrons. The molecule has 1 unspecified atom stereocenters. The molecule has 0 heteroatoms. The van der Waals surface area contributed by atoms with E-state index in [1.807, 2.05) is 13.8 Å². The molecule has 0 heterocycles. The zero-order valence-corrected chi connectivity index (χ0v) is 11.1. The first-order valence-corrected chi connectivity index (χ1v) is 5.90. The molecule has 0 aromatic heterocycles. The van der Waals surface area contributed by atoms with Gasteiger partial charge in [-0.2, -0.15) is 0 Å². The lowest BCUT2D eigenvalue weighted by molar-refractivity contribution is 0.191. The van der Waals surface area contributed by atoms with Gasteiger partial charge in [-0.25, -0.2) is 0 Å². The Labute approximate surface area is 86.1 Å². The molecule has 0 saturated carbocycles. The molecule has 0 rings (SSSR count). The highest BCUT2D eigenvalue weighted by Gasteiger charge is 2.23. The summed E-state index contributed by atoms with van der Waals surface area (Å²) in [5.41, 5.74) is 0.532. The molecule has 0 aromatic rings. The predicted molar refractivity (Wildman–Crippen MR) is 64.0 cm³/mol. The molecule has 0 spiro atoms. The molecular weight excluding hydrogens is 156 g/mol. The van der Waals surface area contributed by atoms with Crippen LogP contribution in [0.1, 0.15) is 68.2 Å². The average molecular weight is 186 g/mol. The zero-order chi connectivity index (χ0) is 11.1. The van der Waals surface area contributed by atoms with Crippen LogP contribution in [0.3, 0.4) is 0 Å². The van der Waals surface area contributed by atoms with Crippen molar-refractivity contribution in [3.05, 3.63) is 0 Å². The molecular formula is C13H30.